The molecule has 4 rings (SSSR count). The molecule has 0 aliphatic carbocycles. The normalized spacial score (nSPS) is 16.8. The Morgan fingerprint density at radius 1 is 1.20 bits per heavy atom. The molecule has 0 amide bonds. The van der Waals surface area contributed by atoms with Gasteiger partial charge in [0.05, 0.1) is 6.54 Å². The number of aryl methyl sites for hydroxylation is 2. The van der Waals surface area contributed by atoms with Gasteiger partial charge < -0.3 is 14.3 Å². The molecule has 0 fully saturated rings. The highest BCUT2D eigenvalue weighted by Gasteiger charge is 2.22. The molecule has 0 radical (unpaired) electrons. The van der Waals surface area contributed by atoms with Crippen LogP contribution < -0.4 is 5.32 Å². The number of benzene rings is 1. The maximum absolute atomic E-state index is 13.0. The Morgan fingerprint density at radius 2 is 2.04 bits per heavy atom. The van der Waals surface area contributed by atoms with E-state index in [2.05, 4.69) is 27.0 Å². The first-order valence-corrected chi connectivity index (χ1v) is 8.72. The molecule has 2 aromatic heterocycles. The standard InChI is InChI=1S/C19H21FN4O/c1-2-18-22-23-19-10-7-15(12-24(18)19)21-11-16-8-9-17(25-16)13-3-5-14(20)6-4-13/h3-6,8-9,15,21H,2,7,10-12H2,1H3. The topological polar surface area (TPSA) is 55.9 Å². The van der Waals surface area contributed by atoms with Gasteiger partial charge in [-0.15, -0.1) is 10.2 Å². The maximum atomic E-state index is 13.0. The zero-order valence-corrected chi connectivity index (χ0v) is 14.2. The number of fused-ring (bicyclic) bond motifs is 1. The van der Waals surface area contributed by atoms with E-state index in [1.165, 1.54) is 12.1 Å². The molecular weight excluding hydrogens is 319 g/mol. The van der Waals surface area contributed by atoms with Crippen molar-refractivity contribution in [3.05, 3.63) is 59.6 Å². The van der Waals surface area contributed by atoms with Gasteiger partial charge in [-0.25, -0.2) is 4.39 Å². The summed E-state index contributed by atoms with van der Waals surface area (Å²) in [4.78, 5) is 0. The molecule has 5 nitrogen and oxygen atoms in total. The molecule has 0 saturated heterocycles. The smallest absolute Gasteiger partial charge is 0.134 e. The summed E-state index contributed by atoms with van der Waals surface area (Å²) in [6, 6.07) is 10.6. The van der Waals surface area contributed by atoms with Gasteiger partial charge in [-0.1, -0.05) is 6.92 Å². The first-order chi connectivity index (χ1) is 12.2. The monoisotopic (exact) mass is 340 g/mol. The summed E-state index contributed by atoms with van der Waals surface area (Å²) >= 11 is 0. The molecule has 1 N–H and O–H groups in total. The van der Waals surface area contributed by atoms with Crippen molar-refractivity contribution < 1.29 is 8.81 Å². The van der Waals surface area contributed by atoms with Crippen molar-refractivity contribution in [3.8, 4) is 11.3 Å². The minimum Gasteiger partial charge on any atom is -0.460 e. The van der Waals surface area contributed by atoms with E-state index in [1.54, 1.807) is 12.1 Å². The van der Waals surface area contributed by atoms with Crippen molar-refractivity contribution in [2.45, 2.75) is 45.3 Å². The van der Waals surface area contributed by atoms with Crippen LogP contribution in [0.2, 0.25) is 0 Å². The predicted molar refractivity (Wildman–Crippen MR) is 92.5 cm³/mol. The van der Waals surface area contributed by atoms with Gasteiger partial charge >= 0.3 is 0 Å². The first-order valence-electron chi connectivity index (χ1n) is 8.72. The summed E-state index contributed by atoms with van der Waals surface area (Å²) in [7, 11) is 0. The van der Waals surface area contributed by atoms with Gasteiger partial charge in [-0.05, 0) is 42.8 Å². The second-order valence-electron chi connectivity index (χ2n) is 6.39. The largest absolute Gasteiger partial charge is 0.460 e. The van der Waals surface area contributed by atoms with Gasteiger partial charge in [-0.2, -0.15) is 0 Å². The Labute approximate surface area is 145 Å². The highest BCUT2D eigenvalue weighted by molar-refractivity contribution is 5.57. The van der Waals surface area contributed by atoms with E-state index in [9.17, 15) is 4.39 Å². The Bertz CT molecular complexity index is 839. The van der Waals surface area contributed by atoms with Crippen LogP contribution in [-0.4, -0.2) is 20.8 Å². The predicted octanol–water partition coefficient (Wildman–Crippen LogP) is 3.34. The number of hydrogen-bond acceptors (Lipinski definition) is 4. The van der Waals surface area contributed by atoms with Crippen LogP contribution >= 0.6 is 0 Å². The van der Waals surface area contributed by atoms with Crippen molar-refractivity contribution in [1.29, 1.82) is 0 Å². The summed E-state index contributed by atoms with van der Waals surface area (Å²) in [5.74, 6) is 3.54. The van der Waals surface area contributed by atoms with Crippen LogP contribution in [0, 0.1) is 5.82 Å². The average Bonchev–Trinajstić information content (AvgIpc) is 3.27. The average molecular weight is 340 g/mol. The second-order valence-corrected chi connectivity index (χ2v) is 6.39. The zero-order valence-electron chi connectivity index (χ0n) is 14.2. The molecule has 1 atom stereocenters. The number of rotatable bonds is 5. The summed E-state index contributed by atoms with van der Waals surface area (Å²) in [5.41, 5.74) is 0.882. The molecule has 6 heteroatoms. The summed E-state index contributed by atoms with van der Waals surface area (Å²) in [6.45, 7) is 3.68. The van der Waals surface area contributed by atoms with E-state index >= 15 is 0 Å². The van der Waals surface area contributed by atoms with Crippen LogP contribution in [0.5, 0.6) is 0 Å². The third-order valence-electron chi connectivity index (χ3n) is 4.69. The first kappa shape index (κ1) is 16.0. The zero-order chi connectivity index (χ0) is 17.2. The summed E-state index contributed by atoms with van der Waals surface area (Å²) in [5, 5.41) is 12.1. The summed E-state index contributed by atoms with van der Waals surface area (Å²) < 4.78 is 21.1. The van der Waals surface area contributed by atoms with Gasteiger partial charge in [0.25, 0.3) is 0 Å². The third kappa shape index (κ3) is 3.35. The van der Waals surface area contributed by atoms with E-state index in [4.69, 9.17) is 4.42 Å². The number of hydrogen-bond donors (Lipinski definition) is 1. The number of halogens is 1. The fraction of sp³-hybridized carbons (Fsp3) is 0.368. The van der Waals surface area contributed by atoms with Crippen LogP contribution in [0.25, 0.3) is 11.3 Å². The number of nitrogens with zero attached hydrogens (tertiary/aromatic N) is 3. The molecule has 1 aliphatic heterocycles. The van der Waals surface area contributed by atoms with Crippen molar-refractivity contribution in [2.75, 3.05) is 0 Å². The maximum Gasteiger partial charge on any atom is 0.134 e. The molecule has 1 unspecified atom stereocenters. The van der Waals surface area contributed by atoms with E-state index in [-0.39, 0.29) is 5.82 Å². The molecule has 0 spiro atoms. The Hall–Kier alpha value is -2.47. The number of furan rings is 1. The molecule has 3 aromatic rings. The SMILES string of the molecule is CCc1nnc2n1CC(NCc1ccc(-c3ccc(F)cc3)o1)CC2. The molecule has 130 valence electrons. The fourth-order valence-corrected chi connectivity index (χ4v) is 3.30. The molecule has 3 heterocycles. The quantitative estimate of drug-likeness (QED) is 0.774. The van der Waals surface area contributed by atoms with E-state index < -0.39 is 0 Å². The van der Waals surface area contributed by atoms with E-state index in [1.807, 2.05) is 12.1 Å². The third-order valence-corrected chi connectivity index (χ3v) is 4.69. The van der Waals surface area contributed by atoms with E-state index in [0.717, 1.165) is 54.5 Å². The van der Waals surface area contributed by atoms with Crippen LogP contribution in [0.4, 0.5) is 4.39 Å². The Balaban J connectivity index is 1.38. The Morgan fingerprint density at radius 3 is 2.84 bits per heavy atom. The molecule has 0 saturated carbocycles. The summed E-state index contributed by atoms with van der Waals surface area (Å²) in [6.07, 6.45) is 2.90. The second kappa shape index (κ2) is 6.80. The lowest BCUT2D eigenvalue weighted by Gasteiger charge is -2.25. The van der Waals surface area contributed by atoms with Gasteiger partial charge in [0.2, 0.25) is 0 Å². The van der Waals surface area contributed by atoms with Crippen LogP contribution in [0.3, 0.4) is 0 Å². The minimum absolute atomic E-state index is 0.241. The van der Waals surface area contributed by atoms with Crippen LogP contribution in [0.15, 0.2) is 40.8 Å². The number of nitrogens with one attached hydrogen (secondary N) is 1. The van der Waals surface area contributed by atoms with Crippen molar-refractivity contribution in [2.24, 2.45) is 0 Å². The van der Waals surface area contributed by atoms with Gasteiger partial charge in [0, 0.05) is 31.0 Å². The molecule has 1 aromatic carbocycles. The fourth-order valence-electron chi connectivity index (χ4n) is 3.30. The molecular formula is C19H21FN4O. The lowest BCUT2D eigenvalue weighted by molar-refractivity contribution is 0.358. The van der Waals surface area contributed by atoms with E-state index in [0.29, 0.717) is 12.6 Å². The Kier molecular flexibility index (Phi) is 4.36. The lowest BCUT2D eigenvalue weighted by Crippen LogP contribution is -2.37. The van der Waals surface area contributed by atoms with Crippen molar-refractivity contribution in [1.82, 2.24) is 20.1 Å². The van der Waals surface area contributed by atoms with Crippen molar-refractivity contribution in [3.63, 3.8) is 0 Å². The van der Waals surface area contributed by atoms with Gasteiger partial charge in [-0.3, -0.25) is 0 Å². The highest BCUT2D eigenvalue weighted by atomic mass is 19.1. The number of aromatic nitrogens is 3. The highest BCUT2D eigenvalue weighted by Crippen LogP contribution is 2.23. The molecule has 0 bridgehead atoms. The molecule has 25 heavy (non-hydrogen) atoms. The molecule has 1 aliphatic rings. The van der Waals surface area contributed by atoms with Crippen LogP contribution in [-0.2, 0) is 25.9 Å². The van der Waals surface area contributed by atoms with Crippen LogP contribution in [0.1, 0.15) is 30.8 Å². The van der Waals surface area contributed by atoms with Gasteiger partial charge in [0.15, 0.2) is 0 Å². The van der Waals surface area contributed by atoms with Crippen molar-refractivity contribution >= 4 is 0 Å². The minimum atomic E-state index is -0.241. The van der Waals surface area contributed by atoms with Gasteiger partial charge in [0.1, 0.15) is 29.0 Å². The lowest BCUT2D eigenvalue weighted by atomic mass is 10.1.